The first-order chi connectivity index (χ1) is 16.4. The molecule has 1 saturated heterocycles. The van der Waals surface area contributed by atoms with E-state index in [-0.39, 0.29) is 35.4 Å². The van der Waals surface area contributed by atoms with Crippen LogP contribution in [0.3, 0.4) is 0 Å². The van der Waals surface area contributed by atoms with E-state index in [4.69, 9.17) is 11.1 Å². The summed E-state index contributed by atoms with van der Waals surface area (Å²) in [5, 5.41) is 22.2. The molecular formula is C21H27F3N6O4S. The normalized spacial score (nSPS) is 28.3. The lowest BCUT2D eigenvalue weighted by molar-refractivity contribution is -0.114. The molecule has 10 nitrogen and oxygen atoms in total. The average molecular weight is 517 g/mol. The van der Waals surface area contributed by atoms with Crippen LogP contribution >= 0.6 is 0 Å². The third kappa shape index (κ3) is 5.01. The lowest BCUT2D eigenvalue weighted by Gasteiger charge is -2.47. The molecule has 14 heteroatoms. The van der Waals surface area contributed by atoms with Crippen molar-refractivity contribution in [2.45, 2.75) is 54.0 Å². The average Bonchev–Trinajstić information content (AvgIpc) is 3.20. The largest absolute Gasteiger partial charge is 0.501 e. The van der Waals surface area contributed by atoms with E-state index in [1.54, 1.807) is 11.2 Å². The summed E-state index contributed by atoms with van der Waals surface area (Å²) in [4.78, 5) is 13.4. The zero-order chi connectivity index (χ0) is 25.5. The number of anilines is 1. The van der Waals surface area contributed by atoms with Gasteiger partial charge in [0.15, 0.2) is 0 Å². The van der Waals surface area contributed by atoms with Crippen LogP contribution in [0.15, 0.2) is 40.9 Å². The number of nitrogens with one attached hydrogen (secondary N) is 3. The van der Waals surface area contributed by atoms with E-state index in [0.29, 0.717) is 13.1 Å². The van der Waals surface area contributed by atoms with Gasteiger partial charge in [-0.15, -0.1) is 0 Å². The van der Waals surface area contributed by atoms with Gasteiger partial charge in [0.2, 0.25) is 5.91 Å². The highest BCUT2D eigenvalue weighted by molar-refractivity contribution is 7.92. The van der Waals surface area contributed by atoms with Crippen LogP contribution < -0.4 is 16.5 Å². The molecule has 0 bridgehead atoms. The highest BCUT2D eigenvalue weighted by atomic mass is 32.2. The Hall–Kier alpha value is -2.68. The number of hydrogen-bond donors (Lipinski definition) is 5. The molecule has 6 N–H and O–H groups in total. The van der Waals surface area contributed by atoms with Gasteiger partial charge >= 0.3 is 5.51 Å². The number of nitrogens with two attached hydrogens (primary N) is 1. The fourth-order valence-corrected chi connectivity index (χ4v) is 5.59. The monoisotopic (exact) mass is 516 g/mol. The maximum absolute atomic E-state index is 12.8. The second-order valence-electron chi connectivity index (χ2n) is 9.01. The molecule has 1 aromatic rings. The number of likely N-dealkylation sites (tertiary alicyclic amines) is 1. The van der Waals surface area contributed by atoms with Crippen molar-refractivity contribution in [3.63, 3.8) is 0 Å². The number of hydrogen-bond acceptors (Lipinski definition) is 9. The Morgan fingerprint density at radius 3 is 2.43 bits per heavy atom. The first-order valence-electron chi connectivity index (χ1n) is 11.1. The van der Waals surface area contributed by atoms with Crippen LogP contribution in [0.1, 0.15) is 19.3 Å². The molecule has 0 aromatic heterocycles. The Morgan fingerprint density at radius 1 is 1.23 bits per heavy atom. The number of β-amino-alcohol motifs (C(OH)–C–C–N with tert-alkyl or cyclic N) is 1. The Morgan fingerprint density at radius 2 is 1.89 bits per heavy atom. The summed E-state index contributed by atoms with van der Waals surface area (Å²) >= 11 is 0. The number of halogens is 3. The van der Waals surface area contributed by atoms with E-state index in [9.17, 15) is 31.5 Å². The van der Waals surface area contributed by atoms with Crippen molar-refractivity contribution in [3.8, 4) is 0 Å². The molecule has 2 heterocycles. The zero-order valence-electron chi connectivity index (χ0n) is 18.6. The Kier molecular flexibility index (Phi) is 6.83. The quantitative estimate of drug-likeness (QED) is 0.334. The van der Waals surface area contributed by atoms with E-state index >= 15 is 0 Å². The Labute approximate surface area is 200 Å². The molecule has 4 atom stereocenters. The van der Waals surface area contributed by atoms with Crippen LogP contribution in [0.25, 0.3) is 0 Å². The zero-order valence-corrected chi connectivity index (χ0v) is 19.4. The number of aliphatic hydroxyl groups excluding tert-OH is 1. The molecule has 0 spiro atoms. The molecule has 1 aliphatic carbocycles. The SMILES string of the molecule is N=C[C@H]1C[C@H](N2CC(O)C2)CC[C@@H]1N1C=C(C(N)=O)C(Nc2ccc(S(=O)(=O)C(F)(F)F)cc2)N1. The van der Waals surface area contributed by atoms with Gasteiger partial charge in [0.1, 0.15) is 6.17 Å². The van der Waals surface area contributed by atoms with Crippen LogP contribution in [0, 0.1) is 11.3 Å². The number of carbonyl (C=O) groups excluding carboxylic acids is 1. The Bertz CT molecular complexity index is 1110. The summed E-state index contributed by atoms with van der Waals surface area (Å²) in [5.74, 6) is -0.821. The predicted molar refractivity (Wildman–Crippen MR) is 121 cm³/mol. The number of aliphatic hydroxyl groups is 1. The van der Waals surface area contributed by atoms with Gasteiger partial charge in [0.05, 0.1) is 22.6 Å². The van der Waals surface area contributed by atoms with E-state index in [1.165, 1.54) is 18.3 Å². The molecule has 35 heavy (non-hydrogen) atoms. The molecule has 1 saturated carbocycles. The topological polar surface area (TPSA) is 152 Å². The van der Waals surface area contributed by atoms with Crippen molar-refractivity contribution in [1.29, 1.82) is 5.41 Å². The summed E-state index contributed by atoms with van der Waals surface area (Å²) in [6.45, 7) is 1.26. The fraction of sp³-hybridized carbons (Fsp3) is 0.524. The third-order valence-electron chi connectivity index (χ3n) is 6.74. The highest BCUT2D eigenvalue weighted by Gasteiger charge is 2.47. The van der Waals surface area contributed by atoms with Gasteiger partial charge in [-0.25, -0.2) is 13.8 Å². The van der Waals surface area contributed by atoms with Crippen molar-refractivity contribution in [2.75, 3.05) is 18.4 Å². The number of hydrazine groups is 1. The minimum atomic E-state index is -5.46. The summed E-state index contributed by atoms with van der Waals surface area (Å²) in [7, 11) is -5.46. The van der Waals surface area contributed by atoms with Gasteiger partial charge in [-0.2, -0.15) is 13.2 Å². The minimum absolute atomic E-state index is 0.116. The number of benzene rings is 1. The van der Waals surface area contributed by atoms with E-state index < -0.39 is 32.3 Å². The summed E-state index contributed by atoms with van der Waals surface area (Å²) in [6, 6.07) is 4.16. The fourth-order valence-electron chi connectivity index (χ4n) is 4.83. The summed E-state index contributed by atoms with van der Waals surface area (Å²) in [6.07, 6.45) is 4.15. The molecule has 4 rings (SSSR count). The van der Waals surface area contributed by atoms with E-state index in [1.807, 2.05) is 0 Å². The van der Waals surface area contributed by atoms with Crippen LogP contribution in [0.5, 0.6) is 0 Å². The molecule has 2 fully saturated rings. The number of rotatable bonds is 7. The van der Waals surface area contributed by atoms with Crippen LogP contribution in [0.4, 0.5) is 18.9 Å². The maximum Gasteiger partial charge on any atom is 0.501 e. The van der Waals surface area contributed by atoms with Gasteiger partial charge in [-0.1, -0.05) is 0 Å². The molecule has 1 amide bonds. The van der Waals surface area contributed by atoms with Crippen molar-refractivity contribution < 1.29 is 31.5 Å². The molecule has 192 valence electrons. The Balaban J connectivity index is 1.45. The lowest BCUT2D eigenvalue weighted by atomic mass is 9.80. The van der Waals surface area contributed by atoms with Gasteiger partial charge < -0.3 is 26.6 Å². The number of carbonyl (C=O) groups is 1. The smallest absolute Gasteiger partial charge is 0.390 e. The van der Waals surface area contributed by atoms with Gasteiger partial charge in [0, 0.05) is 43.2 Å². The van der Waals surface area contributed by atoms with Crippen molar-refractivity contribution in [2.24, 2.45) is 11.7 Å². The minimum Gasteiger partial charge on any atom is -0.390 e. The molecular weight excluding hydrogens is 489 g/mol. The first-order valence-corrected chi connectivity index (χ1v) is 12.6. The number of nitrogens with zero attached hydrogens (tertiary/aromatic N) is 2. The maximum atomic E-state index is 12.8. The first kappa shape index (κ1) is 25.4. The summed E-state index contributed by atoms with van der Waals surface area (Å²) < 4.78 is 61.4. The summed E-state index contributed by atoms with van der Waals surface area (Å²) in [5.41, 5.74) is 3.73. The molecule has 1 unspecified atom stereocenters. The van der Waals surface area contributed by atoms with Crippen molar-refractivity contribution in [3.05, 3.63) is 36.0 Å². The number of alkyl halides is 3. The van der Waals surface area contributed by atoms with Crippen molar-refractivity contribution in [1.82, 2.24) is 15.3 Å². The lowest BCUT2D eigenvalue weighted by Crippen LogP contribution is -2.59. The van der Waals surface area contributed by atoms with Crippen LogP contribution in [-0.2, 0) is 14.6 Å². The standard InChI is InChI=1S/C21H27F3N6O4S/c22-21(23,24)35(33,34)16-4-1-13(2-5-16)27-20-17(19(26)32)11-30(28-20)18-6-3-14(7-12(18)8-25)29-9-15(31)10-29/h1-2,4-5,8,11-12,14-15,18,20,25,27-28,31H,3,6-7,9-10H2,(H2,26,32)/t12-,14-,18+,20?/m1/s1. The predicted octanol–water partition coefficient (Wildman–Crippen LogP) is 0.771. The van der Waals surface area contributed by atoms with E-state index in [2.05, 4.69) is 15.6 Å². The van der Waals surface area contributed by atoms with E-state index in [0.717, 1.165) is 31.4 Å². The number of amides is 1. The highest BCUT2D eigenvalue weighted by Crippen LogP contribution is 2.34. The third-order valence-corrected chi connectivity index (χ3v) is 8.25. The molecule has 3 aliphatic rings. The van der Waals surface area contributed by atoms with Gasteiger partial charge in [-0.05, 0) is 43.5 Å². The van der Waals surface area contributed by atoms with Gasteiger partial charge in [0.25, 0.3) is 9.84 Å². The number of primary amides is 1. The molecule has 0 radical (unpaired) electrons. The van der Waals surface area contributed by atoms with Crippen LogP contribution in [-0.4, -0.2) is 78.5 Å². The van der Waals surface area contributed by atoms with Crippen molar-refractivity contribution >= 4 is 27.6 Å². The molecule has 1 aromatic carbocycles. The second kappa shape index (κ2) is 9.41. The second-order valence-corrected chi connectivity index (χ2v) is 10.9. The molecule has 2 aliphatic heterocycles. The van der Waals surface area contributed by atoms with Crippen LogP contribution in [0.2, 0.25) is 0 Å². The number of sulfone groups is 1. The van der Waals surface area contributed by atoms with Gasteiger partial charge in [-0.3, -0.25) is 9.69 Å².